The predicted molar refractivity (Wildman–Crippen MR) is 75.2 cm³/mol. The van der Waals surface area contributed by atoms with Crippen molar-refractivity contribution in [2.75, 3.05) is 12.3 Å². The molecule has 0 heterocycles. The van der Waals surface area contributed by atoms with Gasteiger partial charge in [-0.25, -0.2) is 4.39 Å². The van der Waals surface area contributed by atoms with Crippen LogP contribution in [0.15, 0.2) is 24.3 Å². The molecule has 3 heteroatoms. The summed E-state index contributed by atoms with van der Waals surface area (Å²) >= 11 is 1.92. The van der Waals surface area contributed by atoms with Crippen LogP contribution in [0.3, 0.4) is 0 Å². The molecule has 1 nitrogen and oxygen atoms in total. The van der Waals surface area contributed by atoms with Crippen LogP contribution in [0.2, 0.25) is 0 Å². The molecule has 0 radical (unpaired) electrons. The summed E-state index contributed by atoms with van der Waals surface area (Å²) in [5.74, 6) is 0.935. The van der Waals surface area contributed by atoms with Gasteiger partial charge in [0, 0.05) is 11.8 Å². The lowest BCUT2D eigenvalue weighted by Gasteiger charge is -2.19. The van der Waals surface area contributed by atoms with Gasteiger partial charge in [0.2, 0.25) is 0 Å². The normalized spacial score (nSPS) is 13.0. The van der Waals surface area contributed by atoms with E-state index >= 15 is 0 Å². The van der Waals surface area contributed by atoms with Gasteiger partial charge < -0.3 is 5.32 Å². The molecular weight excluding hydrogens is 233 g/mol. The van der Waals surface area contributed by atoms with Crippen LogP contribution in [0.5, 0.6) is 0 Å². The average Bonchev–Trinajstić information content (AvgIpc) is 2.29. The smallest absolute Gasteiger partial charge is 0.126 e. The zero-order valence-corrected chi connectivity index (χ0v) is 11.7. The van der Waals surface area contributed by atoms with Gasteiger partial charge in [0.05, 0.1) is 0 Å². The zero-order chi connectivity index (χ0) is 12.7. The Kier molecular flexibility index (Phi) is 6.60. The summed E-state index contributed by atoms with van der Waals surface area (Å²) in [5.41, 5.74) is 0.808. The van der Waals surface area contributed by atoms with Crippen LogP contribution in [0.1, 0.15) is 26.3 Å². The zero-order valence-electron chi connectivity index (χ0n) is 10.9. The number of halogens is 1. The van der Waals surface area contributed by atoms with E-state index in [9.17, 15) is 4.39 Å². The standard InChI is InChI=1S/C14H22FNS/c1-4-16-13(10-17-11(2)3)9-12-7-5-6-8-14(12)15/h5-8,11,13,16H,4,9-10H2,1-3H3. The molecule has 1 atom stereocenters. The van der Waals surface area contributed by atoms with Gasteiger partial charge in [0.15, 0.2) is 0 Å². The maximum atomic E-state index is 13.6. The Balaban J connectivity index is 2.56. The van der Waals surface area contributed by atoms with Gasteiger partial charge in [-0.3, -0.25) is 0 Å². The molecule has 0 bridgehead atoms. The van der Waals surface area contributed by atoms with E-state index in [1.54, 1.807) is 6.07 Å². The first kappa shape index (κ1) is 14.5. The minimum absolute atomic E-state index is 0.0926. The van der Waals surface area contributed by atoms with Gasteiger partial charge in [-0.05, 0) is 29.8 Å². The third-order valence-electron chi connectivity index (χ3n) is 2.55. The molecule has 0 fully saturated rings. The first-order valence-corrected chi connectivity index (χ1v) is 7.26. The van der Waals surface area contributed by atoms with Crippen molar-refractivity contribution in [2.24, 2.45) is 0 Å². The van der Waals surface area contributed by atoms with Gasteiger partial charge in [-0.1, -0.05) is 39.0 Å². The van der Waals surface area contributed by atoms with Crippen LogP contribution in [0.25, 0.3) is 0 Å². The molecule has 0 saturated heterocycles. The number of benzene rings is 1. The Bertz CT molecular complexity index is 328. The first-order valence-electron chi connectivity index (χ1n) is 6.21. The van der Waals surface area contributed by atoms with E-state index in [4.69, 9.17) is 0 Å². The number of hydrogen-bond donors (Lipinski definition) is 1. The van der Waals surface area contributed by atoms with Crippen LogP contribution < -0.4 is 5.32 Å². The molecular formula is C14H22FNS. The molecule has 17 heavy (non-hydrogen) atoms. The molecule has 0 spiro atoms. The maximum Gasteiger partial charge on any atom is 0.126 e. The lowest BCUT2D eigenvalue weighted by Crippen LogP contribution is -2.33. The SMILES string of the molecule is CCNC(CSC(C)C)Cc1ccccc1F. The van der Waals surface area contributed by atoms with E-state index in [0.29, 0.717) is 11.3 Å². The largest absolute Gasteiger partial charge is 0.313 e. The molecule has 96 valence electrons. The molecule has 0 saturated carbocycles. The van der Waals surface area contributed by atoms with E-state index in [1.807, 2.05) is 23.9 Å². The maximum absolute atomic E-state index is 13.6. The Labute approximate surface area is 108 Å². The van der Waals surface area contributed by atoms with Crippen LogP contribution in [0, 0.1) is 5.82 Å². The summed E-state index contributed by atoms with van der Waals surface area (Å²) in [4.78, 5) is 0. The van der Waals surface area contributed by atoms with Crippen molar-refractivity contribution in [3.63, 3.8) is 0 Å². The van der Waals surface area contributed by atoms with Crippen molar-refractivity contribution in [2.45, 2.75) is 38.5 Å². The molecule has 0 amide bonds. The third kappa shape index (κ3) is 5.55. The van der Waals surface area contributed by atoms with E-state index in [-0.39, 0.29) is 5.82 Å². The number of nitrogens with one attached hydrogen (secondary N) is 1. The fourth-order valence-electron chi connectivity index (χ4n) is 1.72. The molecule has 1 aromatic rings. The molecule has 0 aliphatic heterocycles. The predicted octanol–water partition coefficient (Wildman–Crippen LogP) is 3.49. The van der Waals surface area contributed by atoms with Gasteiger partial charge in [0.25, 0.3) is 0 Å². The Morgan fingerprint density at radius 1 is 1.29 bits per heavy atom. The topological polar surface area (TPSA) is 12.0 Å². The Hall–Kier alpha value is -0.540. The highest BCUT2D eigenvalue weighted by molar-refractivity contribution is 7.99. The summed E-state index contributed by atoms with van der Waals surface area (Å²) < 4.78 is 13.6. The fraction of sp³-hybridized carbons (Fsp3) is 0.571. The summed E-state index contributed by atoms with van der Waals surface area (Å²) in [6.07, 6.45) is 0.764. The van der Waals surface area contributed by atoms with Crippen molar-refractivity contribution in [3.05, 3.63) is 35.6 Å². The van der Waals surface area contributed by atoms with Crippen molar-refractivity contribution >= 4 is 11.8 Å². The number of rotatable bonds is 7. The summed E-state index contributed by atoms with van der Waals surface area (Å²) in [6, 6.07) is 7.40. The average molecular weight is 255 g/mol. The quantitative estimate of drug-likeness (QED) is 0.800. The molecule has 1 aromatic carbocycles. The van der Waals surface area contributed by atoms with Gasteiger partial charge in [0.1, 0.15) is 5.82 Å². The Morgan fingerprint density at radius 2 is 2.00 bits per heavy atom. The second kappa shape index (κ2) is 7.72. The van der Waals surface area contributed by atoms with Gasteiger partial charge in [-0.2, -0.15) is 11.8 Å². The minimum Gasteiger partial charge on any atom is -0.313 e. The highest BCUT2D eigenvalue weighted by Gasteiger charge is 2.11. The molecule has 0 aromatic heterocycles. The van der Waals surface area contributed by atoms with Crippen LogP contribution >= 0.6 is 11.8 Å². The lowest BCUT2D eigenvalue weighted by atomic mass is 10.1. The molecule has 1 rings (SSSR count). The van der Waals surface area contributed by atoms with Crippen molar-refractivity contribution in [3.8, 4) is 0 Å². The van der Waals surface area contributed by atoms with Crippen molar-refractivity contribution < 1.29 is 4.39 Å². The summed E-state index contributed by atoms with van der Waals surface area (Å²) in [5, 5.41) is 4.05. The monoisotopic (exact) mass is 255 g/mol. The third-order valence-corrected chi connectivity index (χ3v) is 3.81. The summed E-state index contributed by atoms with van der Waals surface area (Å²) in [7, 11) is 0. The number of thioether (sulfide) groups is 1. The van der Waals surface area contributed by atoms with E-state index in [1.165, 1.54) is 6.07 Å². The lowest BCUT2D eigenvalue weighted by molar-refractivity contribution is 0.545. The van der Waals surface area contributed by atoms with Gasteiger partial charge in [-0.15, -0.1) is 0 Å². The molecule has 0 aliphatic rings. The van der Waals surface area contributed by atoms with Crippen LogP contribution in [-0.2, 0) is 6.42 Å². The highest BCUT2D eigenvalue weighted by Crippen LogP contribution is 2.15. The number of hydrogen-bond acceptors (Lipinski definition) is 2. The van der Waals surface area contributed by atoms with Crippen LogP contribution in [0.4, 0.5) is 4.39 Å². The van der Waals surface area contributed by atoms with Crippen molar-refractivity contribution in [1.29, 1.82) is 0 Å². The van der Waals surface area contributed by atoms with E-state index < -0.39 is 0 Å². The second-order valence-corrected chi connectivity index (χ2v) is 6.04. The number of likely N-dealkylation sites (N-methyl/N-ethyl adjacent to an activating group) is 1. The minimum atomic E-state index is -0.0926. The fourth-order valence-corrected chi connectivity index (χ4v) is 2.57. The van der Waals surface area contributed by atoms with E-state index in [2.05, 4.69) is 26.1 Å². The van der Waals surface area contributed by atoms with Gasteiger partial charge >= 0.3 is 0 Å². The Morgan fingerprint density at radius 3 is 2.59 bits per heavy atom. The molecule has 1 unspecified atom stereocenters. The van der Waals surface area contributed by atoms with E-state index in [0.717, 1.165) is 24.3 Å². The first-order chi connectivity index (χ1) is 8.13. The summed E-state index contributed by atoms with van der Waals surface area (Å²) in [6.45, 7) is 7.40. The highest BCUT2D eigenvalue weighted by atomic mass is 32.2. The second-order valence-electron chi connectivity index (χ2n) is 4.43. The van der Waals surface area contributed by atoms with Crippen molar-refractivity contribution in [1.82, 2.24) is 5.32 Å². The molecule has 1 N–H and O–H groups in total. The van der Waals surface area contributed by atoms with Crippen LogP contribution in [-0.4, -0.2) is 23.6 Å². The molecule has 0 aliphatic carbocycles.